The molecule has 0 radical (unpaired) electrons. The summed E-state index contributed by atoms with van der Waals surface area (Å²) in [5.41, 5.74) is 1.05. The van der Waals surface area contributed by atoms with Gasteiger partial charge in [-0.2, -0.15) is 4.31 Å². The van der Waals surface area contributed by atoms with Crippen LogP contribution < -0.4 is 0 Å². The van der Waals surface area contributed by atoms with Gasteiger partial charge < -0.3 is 0 Å². The van der Waals surface area contributed by atoms with Crippen LogP contribution in [0.3, 0.4) is 0 Å². The first kappa shape index (κ1) is 16.4. The Labute approximate surface area is 144 Å². The zero-order chi connectivity index (χ0) is 16.3. The van der Waals surface area contributed by atoms with Crippen LogP contribution >= 0.6 is 22.7 Å². The molecule has 1 aromatic carbocycles. The smallest absolute Gasteiger partial charge is 0.207 e. The second kappa shape index (κ2) is 6.97. The molecule has 0 aliphatic heterocycles. The molecule has 0 atom stereocenters. The minimum Gasteiger partial charge on any atom is -0.207 e. The Bertz CT molecular complexity index is 800. The highest BCUT2D eigenvalue weighted by atomic mass is 32.2. The molecule has 2 aromatic heterocycles. The van der Waals surface area contributed by atoms with Crippen molar-refractivity contribution >= 4 is 32.7 Å². The number of benzene rings is 1. The fraction of sp³-hybridized carbons (Fsp3) is 0.176. The van der Waals surface area contributed by atoms with E-state index in [1.54, 1.807) is 39.1 Å². The summed E-state index contributed by atoms with van der Waals surface area (Å²) in [7, 11) is -3.52. The zero-order valence-corrected chi connectivity index (χ0v) is 15.1. The molecule has 6 heteroatoms. The number of aryl methyl sites for hydroxylation is 1. The fourth-order valence-corrected chi connectivity index (χ4v) is 5.24. The van der Waals surface area contributed by atoms with Crippen molar-refractivity contribution in [3.8, 4) is 0 Å². The number of hydrogen-bond acceptors (Lipinski definition) is 4. The van der Waals surface area contributed by atoms with Gasteiger partial charge in [-0.05, 0) is 41.9 Å². The molecule has 120 valence electrons. The van der Waals surface area contributed by atoms with Gasteiger partial charge in [0.05, 0.1) is 4.90 Å². The van der Waals surface area contributed by atoms with E-state index in [2.05, 4.69) is 0 Å². The van der Waals surface area contributed by atoms with Crippen molar-refractivity contribution in [2.75, 3.05) is 0 Å². The maximum atomic E-state index is 13.0. The van der Waals surface area contributed by atoms with Gasteiger partial charge in [0.2, 0.25) is 10.0 Å². The van der Waals surface area contributed by atoms with Crippen LogP contribution in [0.5, 0.6) is 0 Å². The second-order valence-electron chi connectivity index (χ2n) is 5.24. The van der Waals surface area contributed by atoms with Gasteiger partial charge in [0.25, 0.3) is 0 Å². The van der Waals surface area contributed by atoms with Gasteiger partial charge in [-0.25, -0.2) is 8.42 Å². The Morgan fingerprint density at radius 2 is 1.39 bits per heavy atom. The quantitative estimate of drug-likeness (QED) is 0.646. The molecule has 0 aliphatic carbocycles. The van der Waals surface area contributed by atoms with E-state index in [0.717, 1.165) is 15.3 Å². The molecule has 0 saturated carbocycles. The van der Waals surface area contributed by atoms with E-state index in [0.29, 0.717) is 18.0 Å². The van der Waals surface area contributed by atoms with Gasteiger partial charge in [0, 0.05) is 22.8 Å². The van der Waals surface area contributed by atoms with E-state index in [-0.39, 0.29) is 0 Å². The van der Waals surface area contributed by atoms with Crippen LogP contribution in [0.15, 0.2) is 64.2 Å². The van der Waals surface area contributed by atoms with Crippen LogP contribution in [0, 0.1) is 6.92 Å². The van der Waals surface area contributed by atoms with Gasteiger partial charge in [-0.1, -0.05) is 29.8 Å². The summed E-state index contributed by atoms with van der Waals surface area (Å²) in [6.45, 7) is 2.74. The van der Waals surface area contributed by atoms with Gasteiger partial charge >= 0.3 is 0 Å². The maximum absolute atomic E-state index is 13.0. The molecule has 0 unspecified atom stereocenters. The van der Waals surface area contributed by atoms with E-state index in [4.69, 9.17) is 0 Å². The highest BCUT2D eigenvalue weighted by molar-refractivity contribution is 7.89. The van der Waals surface area contributed by atoms with E-state index >= 15 is 0 Å². The van der Waals surface area contributed by atoms with Gasteiger partial charge in [0.1, 0.15) is 0 Å². The fourth-order valence-electron chi connectivity index (χ4n) is 2.24. The molecule has 0 aliphatic rings. The first-order valence-corrected chi connectivity index (χ1v) is 10.4. The maximum Gasteiger partial charge on any atom is 0.243 e. The van der Waals surface area contributed by atoms with Gasteiger partial charge in [-0.3, -0.25) is 0 Å². The molecular weight excluding hydrogens is 346 g/mol. The van der Waals surface area contributed by atoms with E-state index in [1.165, 1.54) is 0 Å². The summed E-state index contributed by atoms with van der Waals surface area (Å²) >= 11 is 3.15. The molecule has 0 N–H and O–H groups in total. The normalized spacial score (nSPS) is 11.9. The number of thiophene rings is 2. The predicted octanol–water partition coefficient (Wildman–Crippen LogP) is 4.51. The molecule has 23 heavy (non-hydrogen) atoms. The van der Waals surface area contributed by atoms with Gasteiger partial charge in [0.15, 0.2) is 0 Å². The minimum absolute atomic E-state index is 0.344. The van der Waals surface area contributed by atoms with Crippen LogP contribution in [0.2, 0.25) is 0 Å². The van der Waals surface area contributed by atoms with E-state index in [1.807, 2.05) is 54.1 Å². The third-order valence-corrected chi connectivity index (χ3v) is 7.01. The molecule has 0 saturated heterocycles. The number of hydrogen-bond donors (Lipinski definition) is 0. The summed E-state index contributed by atoms with van der Waals surface area (Å²) in [5, 5.41) is 3.94. The lowest BCUT2D eigenvalue weighted by Crippen LogP contribution is -2.29. The minimum atomic E-state index is -3.52. The third kappa shape index (κ3) is 3.90. The lowest BCUT2D eigenvalue weighted by atomic mass is 10.2. The Hall–Kier alpha value is -1.47. The number of sulfonamides is 1. The van der Waals surface area contributed by atoms with Crippen molar-refractivity contribution in [3.63, 3.8) is 0 Å². The molecule has 0 amide bonds. The van der Waals surface area contributed by atoms with Crippen molar-refractivity contribution in [1.29, 1.82) is 0 Å². The average Bonchev–Trinajstić information content (AvgIpc) is 3.20. The average molecular weight is 364 g/mol. The largest absolute Gasteiger partial charge is 0.243 e. The van der Waals surface area contributed by atoms with Crippen molar-refractivity contribution in [3.05, 3.63) is 74.6 Å². The lowest BCUT2D eigenvalue weighted by Gasteiger charge is -2.21. The molecule has 3 aromatic rings. The van der Waals surface area contributed by atoms with Crippen LogP contribution in [-0.4, -0.2) is 12.7 Å². The summed E-state index contributed by atoms with van der Waals surface area (Å²) < 4.78 is 27.6. The number of nitrogens with zero attached hydrogens (tertiary/aromatic N) is 1. The summed E-state index contributed by atoms with van der Waals surface area (Å²) in [5.74, 6) is 0. The summed E-state index contributed by atoms with van der Waals surface area (Å²) in [6.07, 6.45) is 0. The second-order valence-corrected chi connectivity index (χ2v) is 9.25. The molecule has 0 spiro atoms. The highest BCUT2D eigenvalue weighted by Crippen LogP contribution is 2.24. The summed E-state index contributed by atoms with van der Waals surface area (Å²) in [6, 6.07) is 14.9. The van der Waals surface area contributed by atoms with E-state index < -0.39 is 10.0 Å². The zero-order valence-electron chi connectivity index (χ0n) is 12.7. The predicted molar refractivity (Wildman–Crippen MR) is 96.2 cm³/mol. The highest BCUT2D eigenvalue weighted by Gasteiger charge is 2.25. The molecule has 3 nitrogen and oxygen atoms in total. The molecular formula is C17H17NO2S3. The van der Waals surface area contributed by atoms with Gasteiger partial charge in [-0.15, -0.1) is 22.7 Å². The standard InChI is InChI=1S/C17H17NO2S3/c1-14-6-8-17(9-7-14)23(19,20)18(12-15-4-2-10-21-15)13-16-5-3-11-22-16/h2-11H,12-13H2,1H3. The first-order chi connectivity index (χ1) is 11.1. The van der Waals surface area contributed by atoms with Crippen LogP contribution in [-0.2, 0) is 23.1 Å². The molecule has 3 rings (SSSR count). The molecule has 2 heterocycles. The van der Waals surface area contributed by atoms with Crippen LogP contribution in [0.1, 0.15) is 15.3 Å². The van der Waals surface area contributed by atoms with Crippen molar-refractivity contribution in [1.82, 2.24) is 4.31 Å². The van der Waals surface area contributed by atoms with Crippen molar-refractivity contribution in [2.24, 2.45) is 0 Å². The van der Waals surface area contributed by atoms with Crippen LogP contribution in [0.4, 0.5) is 0 Å². The lowest BCUT2D eigenvalue weighted by molar-refractivity contribution is 0.407. The monoisotopic (exact) mass is 363 g/mol. The number of rotatable bonds is 6. The molecule has 0 bridgehead atoms. The topological polar surface area (TPSA) is 37.4 Å². The summed E-state index contributed by atoms with van der Waals surface area (Å²) in [4.78, 5) is 2.42. The molecule has 0 fully saturated rings. The third-order valence-electron chi connectivity index (χ3n) is 3.48. The Morgan fingerprint density at radius 1 is 0.870 bits per heavy atom. The Kier molecular flexibility index (Phi) is 4.96. The van der Waals surface area contributed by atoms with Crippen molar-refractivity contribution in [2.45, 2.75) is 24.9 Å². The first-order valence-electron chi connectivity index (χ1n) is 7.17. The van der Waals surface area contributed by atoms with Crippen LogP contribution in [0.25, 0.3) is 0 Å². The Morgan fingerprint density at radius 3 is 1.83 bits per heavy atom. The van der Waals surface area contributed by atoms with E-state index in [9.17, 15) is 8.42 Å². The Balaban J connectivity index is 1.93. The van der Waals surface area contributed by atoms with Crippen molar-refractivity contribution < 1.29 is 8.42 Å². The SMILES string of the molecule is Cc1ccc(S(=O)(=O)N(Cc2cccs2)Cc2cccs2)cc1.